The second-order valence-electron chi connectivity index (χ2n) is 15.5. The highest BCUT2D eigenvalue weighted by Gasteiger charge is 2.34. The molecule has 3 amide bonds. The van der Waals surface area contributed by atoms with E-state index in [1.807, 2.05) is 19.3 Å². The monoisotopic (exact) mass is 809 g/mol. The lowest BCUT2D eigenvalue weighted by Crippen LogP contribution is -2.49. The number of aryl methyl sites for hydroxylation is 1. The molecule has 304 valence electrons. The van der Waals surface area contributed by atoms with Gasteiger partial charge >= 0.3 is 12.2 Å². The largest absolute Gasteiger partial charge is 0.419 e. The number of hydrogen-bond donors (Lipinski definition) is 2. The molecule has 0 spiro atoms. The molecular weight excluding hydrogens is 764 g/mol. The second-order valence-corrected chi connectivity index (χ2v) is 17.4. The van der Waals surface area contributed by atoms with Crippen LogP contribution in [0.1, 0.15) is 62.0 Å². The Kier molecular flexibility index (Phi) is 10.8. The average Bonchev–Trinajstić information content (AvgIpc) is 3.53. The van der Waals surface area contributed by atoms with Crippen LogP contribution in [0.5, 0.6) is 0 Å². The third-order valence-electron chi connectivity index (χ3n) is 11.8. The van der Waals surface area contributed by atoms with E-state index in [0.29, 0.717) is 36.0 Å². The summed E-state index contributed by atoms with van der Waals surface area (Å²) in [6.07, 6.45) is 4.13. The van der Waals surface area contributed by atoms with Gasteiger partial charge in [-0.25, -0.2) is 23.2 Å². The molecule has 1 aromatic carbocycles. The predicted octanol–water partition coefficient (Wildman–Crippen LogP) is 4.58. The van der Waals surface area contributed by atoms with Gasteiger partial charge in [0.15, 0.2) is 5.82 Å². The first-order valence-corrected chi connectivity index (χ1v) is 20.9. The lowest BCUT2D eigenvalue weighted by Gasteiger charge is -2.38. The number of pyridine rings is 1. The quantitative estimate of drug-likeness (QED) is 0.244. The molecule has 0 unspecified atom stereocenters. The van der Waals surface area contributed by atoms with E-state index < -0.39 is 27.8 Å². The van der Waals surface area contributed by atoms with Gasteiger partial charge in [-0.2, -0.15) is 22.6 Å². The Bertz CT molecular complexity index is 2210. The fraction of sp³-hybridized carbons (Fsp3) is 0.526. The van der Waals surface area contributed by atoms with Crippen LogP contribution in [0.15, 0.2) is 53.8 Å². The van der Waals surface area contributed by atoms with E-state index in [0.717, 1.165) is 82.0 Å². The van der Waals surface area contributed by atoms with E-state index in [2.05, 4.69) is 41.6 Å². The van der Waals surface area contributed by atoms with Gasteiger partial charge in [-0.1, -0.05) is 6.07 Å². The molecule has 4 fully saturated rings. The zero-order valence-corrected chi connectivity index (χ0v) is 32.5. The van der Waals surface area contributed by atoms with Gasteiger partial charge in [-0.15, -0.1) is 0 Å². The highest BCUT2D eigenvalue weighted by Crippen LogP contribution is 2.34. The van der Waals surface area contributed by atoms with Crippen molar-refractivity contribution in [2.24, 2.45) is 13.0 Å². The smallest absolute Gasteiger partial charge is 0.371 e. The number of anilines is 3. The number of hydrogen-bond acceptors (Lipinski definition) is 11. The lowest BCUT2D eigenvalue weighted by atomic mass is 9.89. The van der Waals surface area contributed by atoms with Crippen molar-refractivity contribution >= 4 is 50.4 Å². The number of rotatable bonds is 9. The van der Waals surface area contributed by atoms with Crippen LogP contribution in [0, 0.1) is 5.92 Å². The van der Waals surface area contributed by atoms with Crippen LogP contribution in [0.2, 0.25) is 0 Å². The van der Waals surface area contributed by atoms with E-state index in [1.165, 1.54) is 14.8 Å². The summed E-state index contributed by atoms with van der Waals surface area (Å²) in [5.74, 6) is 1.19. The van der Waals surface area contributed by atoms with E-state index >= 15 is 0 Å². The molecule has 19 heteroatoms. The Morgan fingerprint density at radius 1 is 0.877 bits per heavy atom. The standard InChI is InChI=1S/C38H46F3N11O4S/c1-48-32-19-27(21-42-34(32)35(47-48)52-18-11-33(53)46-37(52)54)26-7-12-49(13-8-26)24-25-5-14-50(15-6-25)30-3-2-4-31(20-30)57(55,56)51-16-9-29(10-17-51)45-36-43-22-28(23-44-36)38(39,40)41/h2-4,19-23,25-26,29H,5-18,24H2,1H3,(H,43,44,45)(H,46,53,54). The number of carbonyl (C=O) groups excluding carboxylic acids is 2. The van der Waals surface area contributed by atoms with Crippen LogP contribution in [-0.4, -0.2) is 113 Å². The van der Waals surface area contributed by atoms with Gasteiger partial charge in [0.25, 0.3) is 0 Å². The van der Waals surface area contributed by atoms with E-state index in [4.69, 9.17) is 4.98 Å². The molecule has 0 radical (unpaired) electrons. The molecule has 0 aliphatic carbocycles. The number of aromatic nitrogens is 5. The summed E-state index contributed by atoms with van der Waals surface area (Å²) in [5.41, 5.74) is 2.64. The molecule has 0 atom stereocenters. The van der Waals surface area contributed by atoms with E-state index in [9.17, 15) is 31.2 Å². The maximum atomic E-state index is 13.7. The predicted molar refractivity (Wildman–Crippen MR) is 206 cm³/mol. The Morgan fingerprint density at radius 2 is 1.60 bits per heavy atom. The van der Waals surface area contributed by atoms with Crippen LogP contribution >= 0.6 is 0 Å². The number of nitrogens with one attached hydrogen (secondary N) is 2. The average molecular weight is 810 g/mol. The van der Waals surface area contributed by atoms with Gasteiger partial charge in [-0.3, -0.25) is 24.7 Å². The molecular formula is C38H46F3N11O4S. The molecule has 4 aliphatic heterocycles. The van der Waals surface area contributed by atoms with Crippen molar-refractivity contribution in [1.82, 2.24) is 39.3 Å². The molecule has 7 heterocycles. The number of sulfonamides is 1. The van der Waals surface area contributed by atoms with Crippen LogP contribution in [0.25, 0.3) is 11.0 Å². The fourth-order valence-corrected chi connectivity index (χ4v) is 9.96. The maximum Gasteiger partial charge on any atom is 0.419 e. The minimum atomic E-state index is -4.51. The number of urea groups is 1. The third kappa shape index (κ3) is 8.41. The Balaban J connectivity index is 0.799. The molecule has 0 bridgehead atoms. The first kappa shape index (κ1) is 39.0. The number of carbonyl (C=O) groups is 2. The van der Waals surface area contributed by atoms with Crippen LogP contribution < -0.4 is 20.4 Å². The van der Waals surface area contributed by atoms with Crippen molar-refractivity contribution in [3.63, 3.8) is 0 Å². The zero-order valence-electron chi connectivity index (χ0n) is 31.7. The first-order valence-electron chi connectivity index (χ1n) is 19.5. The number of nitrogens with zero attached hydrogens (tertiary/aromatic N) is 9. The van der Waals surface area contributed by atoms with Crippen LogP contribution in [0.3, 0.4) is 0 Å². The summed E-state index contributed by atoms with van der Waals surface area (Å²) in [6.45, 7) is 5.55. The molecule has 0 saturated carbocycles. The van der Waals surface area contributed by atoms with Crippen molar-refractivity contribution < 1.29 is 31.2 Å². The lowest BCUT2D eigenvalue weighted by molar-refractivity contribution is -0.138. The number of likely N-dealkylation sites (tertiary alicyclic amines) is 1. The number of halogens is 3. The van der Waals surface area contributed by atoms with Gasteiger partial charge in [0, 0.05) is 83.1 Å². The highest BCUT2D eigenvalue weighted by atomic mass is 32.2. The van der Waals surface area contributed by atoms with Crippen molar-refractivity contribution in [2.45, 2.75) is 68.0 Å². The minimum absolute atomic E-state index is 0.0859. The van der Waals surface area contributed by atoms with Gasteiger partial charge in [0.2, 0.25) is 21.9 Å². The van der Waals surface area contributed by atoms with Crippen molar-refractivity contribution in [3.8, 4) is 0 Å². The molecule has 57 heavy (non-hydrogen) atoms. The van der Waals surface area contributed by atoms with Crippen molar-refractivity contribution in [3.05, 3.63) is 60.0 Å². The van der Waals surface area contributed by atoms with Crippen LogP contribution in [-0.2, 0) is 28.0 Å². The number of fused-ring (bicyclic) bond motifs is 1. The summed E-state index contributed by atoms with van der Waals surface area (Å²) in [5, 5.41) is 9.96. The summed E-state index contributed by atoms with van der Waals surface area (Å²) in [4.78, 5) is 43.0. The van der Waals surface area contributed by atoms with Crippen LogP contribution in [0.4, 0.5) is 35.4 Å². The van der Waals surface area contributed by atoms with Gasteiger partial charge in [0.1, 0.15) is 5.52 Å². The molecule has 8 rings (SSSR count). The Hall–Kier alpha value is -4.88. The number of benzene rings is 1. The maximum absolute atomic E-state index is 13.7. The van der Waals surface area contributed by atoms with E-state index in [-0.39, 0.29) is 48.8 Å². The SMILES string of the molecule is Cn1nc(N2CCC(=O)NC2=O)c2ncc(C3CCN(CC4CCN(c5cccc(S(=O)(=O)N6CCC(Nc7ncc(C(F)(F)F)cn7)CC6)c5)CC4)CC3)cc21. The normalized spacial score (nSPS) is 20.4. The van der Waals surface area contributed by atoms with Gasteiger partial charge in [0.05, 0.1) is 16.0 Å². The highest BCUT2D eigenvalue weighted by molar-refractivity contribution is 7.89. The fourth-order valence-electron chi connectivity index (χ4n) is 8.45. The zero-order chi connectivity index (χ0) is 39.9. The number of alkyl halides is 3. The van der Waals surface area contributed by atoms with Crippen molar-refractivity contribution in [2.75, 3.05) is 67.5 Å². The molecule has 15 nitrogen and oxygen atoms in total. The molecule has 4 aromatic rings. The minimum Gasteiger partial charge on any atom is -0.371 e. The van der Waals surface area contributed by atoms with Gasteiger partial charge in [-0.05, 0) is 93.3 Å². The van der Waals surface area contributed by atoms with Crippen molar-refractivity contribution in [1.29, 1.82) is 0 Å². The summed E-state index contributed by atoms with van der Waals surface area (Å²) in [7, 11) is -1.89. The molecule has 2 N–H and O–H groups in total. The molecule has 4 saturated heterocycles. The van der Waals surface area contributed by atoms with Gasteiger partial charge < -0.3 is 15.1 Å². The Morgan fingerprint density at radius 3 is 2.28 bits per heavy atom. The molecule has 3 aromatic heterocycles. The number of amides is 3. The summed E-state index contributed by atoms with van der Waals surface area (Å²) >= 11 is 0. The number of piperidine rings is 3. The molecule has 4 aliphatic rings. The summed E-state index contributed by atoms with van der Waals surface area (Å²) in [6, 6.07) is 8.67. The topological polar surface area (TPSA) is 162 Å². The Labute approximate surface area is 328 Å². The first-order chi connectivity index (χ1) is 27.3. The summed E-state index contributed by atoms with van der Waals surface area (Å²) < 4.78 is 69.1. The van der Waals surface area contributed by atoms with E-state index in [1.54, 1.807) is 22.9 Å². The second kappa shape index (κ2) is 15.8. The third-order valence-corrected chi connectivity index (χ3v) is 13.7. The number of imide groups is 1.